The highest BCUT2D eigenvalue weighted by Gasteiger charge is 2.30. The van der Waals surface area contributed by atoms with Gasteiger partial charge in [0.2, 0.25) is 23.6 Å². The first-order valence-corrected chi connectivity index (χ1v) is 29.1. The molecule has 2 fully saturated rings. The molecule has 14 rings (SSSR count). The van der Waals surface area contributed by atoms with E-state index in [0.717, 1.165) is 50.1 Å². The van der Waals surface area contributed by atoms with Crippen molar-refractivity contribution in [2.75, 3.05) is 89.3 Å². The number of fused-ring (bicyclic) bond motifs is 6. The molecule has 0 radical (unpaired) electrons. The Morgan fingerprint density at radius 1 is 0.557 bits per heavy atom. The van der Waals surface area contributed by atoms with E-state index in [1.165, 1.54) is 47.8 Å². The lowest BCUT2D eigenvalue weighted by Crippen LogP contribution is -2.48. The Hall–Kier alpha value is -9.62. The number of piperazine rings is 2. The van der Waals surface area contributed by atoms with Gasteiger partial charge in [0, 0.05) is 114 Å². The number of benzene rings is 4. The summed E-state index contributed by atoms with van der Waals surface area (Å²) in [7, 11) is 4.17. The zero-order chi connectivity index (χ0) is 60.7. The normalized spacial score (nSPS) is 15.4. The fraction of sp³-hybridized carbons (Fsp3) is 0.258. The number of carbonyl (C=O) groups excluding carboxylic acids is 2. The Labute approximate surface area is 511 Å². The van der Waals surface area contributed by atoms with Crippen molar-refractivity contribution in [2.24, 2.45) is 0 Å². The third-order valence-corrected chi connectivity index (χ3v) is 16.7. The summed E-state index contributed by atoms with van der Waals surface area (Å²) in [5.74, 6) is 1.33. The summed E-state index contributed by atoms with van der Waals surface area (Å²) in [6, 6.07) is 18.3. The van der Waals surface area contributed by atoms with Crippen LogP contribution < -0.4 is 28.7 Å². The van der Waals surface area contributed by atoms with Crippen molar-refractivity contribution in [1.29, 1.82) is 0 Å². The molecule has 4 aromatic carbocycles. The fourth-order valence-electron chi connectivity index (χ4n) is 11.4. The van der Waals surface area contributed by atoms with Crippen LogP contribution in [0.2, 0.25) is 10.0 Å². The molecule has 0 unspecified atom stereocenters. The standard InChI is InChI=1S/2C31H28ClFN8O3/c1-3-25(42)40-11-13-41(14-12-40)29-20-7-9-34-30(44-28-21-16-35-38-23(21)15-22(33)26(28)32)27(20)36-31(37-29)43-24-6-4-5-18-17-39(2)10-8-19(18)24;1-3-25(42)40-11-13-41(14-12-40)29-19-7-9-34-30(44-28-20-16-35-38-23(20)15-22(33)26(28)32)27(19)36-31(37-29)43-24-6-4-5-18-8-10-39(2)17-21(18)24/h2*3-7,9,15-16H,1,8,10-14,17H2,2H3,(H,35,38). The van der Waals surface area contributed by atoms with E-state index in [9.17, 15) is 18.4 Å². The van der Waals surface area contributed by atoms with Gasteiger partial charge < -0.3 is 48.3 Å². The predicted octanol–water partition coefficient (Wildman–Crippen LogP) is 10.2. The van der Waals surface area contributed by atoms with Crippen molar-refractivity contribution >= 4 is 90.3 Å². The Morgan fingerprint density at radius 3 is 1.52 bits per heavy atom. The Morgan fingerprint density at radius 2 is 1.02 bits per heavy atom. The average Bonchev–Trinajstić information content (AvgIpc) is 1.48. The van der Waals surface area contributed by atoms with E-state index in [2.05, 4.69) is 89.3 Å². The number of nitrogens with zero attached hydrogens (tertiary/aromatic N) is 14. The first kappa shape index (κ1) is 57.5. The number of carbonyl (C=O) groups is 2. The quantitative estimate of drug-likeness (QED) is 0.108. The molecule has 6 aromatic heterocycles. The van der Waals surface area contributed by atoms with Crippen molar-refractivity contribution in [2.45, 2.75) is 25.9 Å². The molecule has 0 spiro atoms. The van der Waals surface area contributed by atoms with Crippen LogP contribution in [0.4, 0.5) is 20.4 Å². The van der Waals surface area contributed by atoms with Gasteiger partial charge in [0.1, 0.15) is 55.8 Å². The van der Waals surface area contributed by atoms with Crippen molar-refractivity contribution in [3.05, 3.63) is 155 Å². The topological polar surface area (TPSA) is 225 Å². The molecule has 22 nitrogen and oxygen atoms in total. The lowest BCUT2D eigenvalue weighted by molar-refractivity contribution is -0.127. The number of amides is 2. The van der Waals surface area contributed by atoms with Gasteiger partial charge in [-0.1, -0.05) is 60.6 Å². The Kier molecular flexibility index (Phi) is 15.8. The first-order valence-electron chi connectivity index (χ1n) is 28.4. The Bertz CT molecular complexity index is 4400. The summed E-state index contributed by atoms with van der Waals surface area (Å²) in [5.41, 5.74) is 6.18. The van der Waals surface area contributed by atoms with Crippen LogP contribution in [0.1, 0.15) is 22.3 Å². The molecule has 0 aliphatic carbocycles. The Balaban J connectivity index is 0.000000162. The number of likely N-dealkylation sites (N-methyl/N-ethyl adjacent to an activating group) is 2. The van der Waals surface area contributed by atoms with Crippen LogP contribution in [0.25, 0.3) is 43.6 Å². The van der Waals surface area contributed by atoms with Crippen molar-refractivity contribution < 1.29 is 37.3 Å². The number of anilines is 2. The zero-order valence-electron chi connectivity index (χ0n) is 47.8. The molecule has 448 valence electrons. The zero-order valence-corrected chi connectivity index (χ0v) is 49.3. The van der Waals surface area contributed by atoms with Gasteiger partial charge in [-0.2, -0.15) is 30.1 Å². The fourth-order valence-corrected chi connectivity index (χ4v) is 11.8. The number of H-pyrrole nitrogens is 2. The van der Waals surface area contributed by atoms with Crippen LogP contribution >= 0.6 is 23.2 Å². The summed E-state index contributed by atoms with van der Waals surface area (Å²) >= 11 is 12.7. The summed E-state index contributed by atoms with van der Waals surface area (Å²) in [4.78, 5) is 64.8. The van der Waals surface area contributed by atoms with Crippen LogP contribution in [0.5, 0.6) is 46.8 Å². The van der Waals surface area contributed by atoms with E-state index in [1.807, 2.05) is 24.3 Å². The highest BCUT2D eigenvalue weighted by atomic mass is 35.5. The third kappa shape index (κ3) is 11.3. The monoisotopic (exact) mass is 1230 g/mol. The number of aromatic nitrogens is 10. The number of rotatable bonds is 12. The second-order valence-corrected chi connectivity index (χ2v) is 22.3. The van der Waals surface area contributed by atoms with Gasteiger partial charge in [0.25, 0.3) is 0 Å². The molecule has 88 heavy (non-hydrogen) atoms. The molecular weight excluding hydrogens is 1170 g/mol. The molecule has 10 aromatic rings. The van der Waals surface area contributed by atoms with Gasteiger partial charge in [-0.3, -0.25) is 19.8 Å². The second kappa shape index (κ2) is 24.3. The minimum Gasteiger partial charge on any atom is -0.434 e. The minimum atomic E-state index is -0.663. The first-order chi connectivity index (χ1) is 42.8. The predicted molar refractivity (Wildman–Crippen MR) is 328 cm³/mol. The van der Waals surface area contributed by atoms with Crippen molar-refractivity contribution in [1.82, 2.24) is 69.9 Å². The largest absolute Gasteiger partial charge is 0.434 e. The molecule has 0 saturated carbocycles. The number of hydrogen-bond donors (Lipinski definition) is 2. The van der Waals surface area contributed by atoms with Crippen LogP contribution in [0.3, 0.4) is 0 Å². The lowest BCUT2D eigenvalue weighted by Gasteiger charge is -2.35. The molecule has 2 N–H and O–H groups in total. The van der Waals surface area contributed by atoms with E-state index in [-0.39, 0.29) is 57.1 Å². The van der Waals surface area contributed by atoms with E-state index in [1.54, 1.807) is 34.3 Å². The summed E-state index contributed by atoms with van der Waals surface area (Å²) < 4.78 is 54.7. The van der Waals surface area contributed by atoms with Crippen LogP contribution in [0, 0.1) is 11.6 Å². The van der Waals surface area contributed by atoms with Crippen molar-refractivity contribution in [3.8, 4) is 46.8 Å². The molecule has 2 saturated heterocycles. The number of nitrogens with one attached hydrogen (secondary N) is 2. The van der Waals surface area contributed by atoms with Gasteiger partial charge in [-0.25, -0.2) is 18.7 Å². The maximum atomic E-state index is 14.7. The van der Waals surface area contributed by atoms with Crippen LogP contribution in [-0.2, 0) is 35.5 Å². The van der Waals surface area contributed by atoms with Gasteiger partial charge >= 0.3 is 12.0 Å². The van der Waals surface area contributed by atoms with Crippen molar-refractivity contribution in [3.63, 3.8) is 0 Å². The lowest BCUT2D eigenvalue weighted by atomic mass is 9.99. The van der Waals surface area contributed by atoms with E-state index in [4.69, 9.17) is 62.1 Å². The van der Waals surface area contributed by atoms with E-state index < -0.39 is 11.6 Å². The van der Waals surface area contributed by atoms with Crippen LogP contribution in [-0.4, -0.2) is 161 Å². The number of hydrogen-bond acceptors (Lipinski definition) is 18. The molecular formula is C62H56Cl2F2N16O6. The molecule has 0 bridgehead atoms. The van der Waals surface area contributed by atoms with Gasteiger partial charge in [-0.05, 0) is 74.5 Å². The highest BCUT2D eigenvalue weighted by molar-refractivity contribution is 6.34. The van der Waals surface area contributed by atoms with Crippen LogP contribution in [0.15, 0.2) is 111 Å². The van der Waals surface area contributed by atoms with Gasteiger partial charge in [-0.15, -0.1) is 0 Å². The van der Waals surface area contributed by atoms with Gasteiger partial charge in [0.15, 0.2) is 11.5 Å². The smallest absolute Gasteiger partial charge is 0.324 e. The molecule has 4 aliphatic heterocycles. The van der Waals surface area contributed by atoms with E-state index >= 15 is 0 Å². The number of ether oxygens (including phenoxy) is 4. The summed E-state index contributed by atoms with van der Waals surface area (Å²) in [5, 5.41) is 15.4. The number of halogens is 4. The minimum absolute atomic E-state index is 0.0646. The molecule has 26 heteroatoms. The maximum absolute atomic E-state index is 14.7. The molecule has 2 amide bonds. The maximum Gasteiger partial charge on any atom is 0.324 e. The molecule has 4 aliphatic rings. The molecule has 0 atom stereocenters. The number of pyridine rings is 2. The SMILES string of the molecule is C=CC(=O)N1CCN(c2nc(Oc3cccc4c3CCN(C)C4)nc3c(Oc4c(Cl)c(F)cc5[nH]ncc45)nccc23)CC1.C=CC(=O)N1CCN(c2nc(Oc3cccc4c3CN(C)CC4)nc3c(Oc4c(Cl)c(F)cc5[nH]ncc45)nccc23)CC1. The highest BCUT2D eigenvalue weighted by Crippen LogP contribution is 2.44. The summed E-state index contributed by atoms with van der Waals surface area (Å²) in [6.07, 6.45) is 10.6. The summed E-state index contributed by atoms with van der Waals surface area (Å²) in [6.45, 7) is 14.7. The average molecular weight is 1230 g/mol. The van der Waals surface area contributed by atoms with E-state index in [0.29, 0.717) is 119 Å². The molecule has 10 heterocycles. The second-order valence-electron chi connectivity index (χ2n) is 21.6. The number of aromatic amines is 2. The van der Waals surface area contributed by atoms with Gasteiger partial charge in [0.05, 0.1) is 45.0 Å². The third-order valence-electron chi connectivity index (χ3n) is 16.0.